The number of hydrogen-bond donors (Lipinski definition) is 1. The van der Waals surface area contributed by atoms with Crippen molar-refractivity contribution in [2.45, 2.75) is 25.3 Å². The Kier molecular flexibility index (Phi) is 4.43. The fraction of sp³-hybridized carbons (Fsp3) is 0.500. The molecule has 1 saturated heterocycles. The van der Waals surface area contributed by atoms with Gasteiger partial charge in [0.2, 0.25) is 0 Å². The molecule has 96 valence electrons. The third kappa shape index (κ3) is 3.14. The SMILES string of the molecule is COc1cc(C#N)ccc1NC1CCCOCC1. The zero-order valence-electron chi connectivity index (χ0n) is 10.6. The van der Waals surface area contributed by atoms with Gasteiger partial charge < -0.3 is 14.8 Å². The van der Waals surface area contributed by atoms with Crippen LogP contribution in [-0.4, -0.2) is 26.4 Å². The molecule has 0 saturated carbocycles. The van der Waals surface area contributed by atoms with Crippen LogP contribution >= 0.6 is 0 Å². The summed E-state index contributed by atoms with van der Waals surface area (Å²) in [5.41, 5.74) is 1.56. The molecule has 18 heavy (non-hydrogen) atoms. The molecular formula is C14H18N2O2. The van der Waals surface area contributed by atoms with Gasteiger partial charge in [0.25, 0.3) is 0 Å². The Morgan fingerprint density at radius 3 is 3.06 bits per heavy atom. The van der Waals surface area contributed by atoms with Crippen LogP contribution in [0.3, 0.4) is 0 Å². The number of methoxy groups -OCH3 is 1. The van der Waals surface area contributed by atoms with E-state index in [1.165, 1.54) is 0 Å². The maximum absolute atomic E-state index is 8.86. The summed E-state index contributed by atoms with van der Waals surface area (Å²) in [6.07, 6.45) is 3.18. The maximum Gasteiger partial charge on any atom is 0.143 e. The van der Waals surface area contributed by atoms with Crippen LogP contribution in [0.4, 0.5) is 5.69 Å². The molecule has 1 aromatic rings. The van der Waals surface area contributed by atoms with Gasteiger partial charge in [0.1, 0.15) is 5.75 Å². The summed E-state index contributed by atoms with van der Waals surface area (Å²) in [7, 11) is 1.62. The van der Waals surface area contributed by atoms with Gasteiger partial charge in [-0.2, -0.15) is 5.26 Å². The molecule has 2 rings (SSSR count). The van der Waals surface area contributed by atoms with Crippen molar-refractivity contribution in [3.63, 3.8) is 0 Å². The van der Waals surface area contributed by atoms with Gasteiger partial charge in [-0.05, 0) is 31.4 Å². The lowest BCUT2D eigenvalue weighted by Crippen LogP contribution is -2.19. The lowest BCUT2D eigenvalue weighted by molar-refractivity contribution is 0.144. The molecular weight excluding hydrogens is 228 g/mol. The molecule has 1 aliphatic rings. The second-order valence-electron chi connectivity index (χ2n) is 4.41. The average Bonchev–Trinajstić information content (AvgIpc) is 2.68. The summed E-state index contributed by atoms with van der Waals surface area (Å²) in [6, 6.07) is 8.00. The average molecular weight is 246 g/mol. The number of benzene rings is 1. The molecule has 1 aliphatic heterocycles. The molecule has 4 heteroatoms. The Morgan fingerprint density at radius 1 is 1.39 bits per heavy atom. The van der Waals surface area contributed by atoms with Crippen LogP contribution in [0.2, 0.25) is 0 Å². The van der Waals surface area contributed by atoms with Crippen molar-refractivity contribution in [3.05, 3.63) is 23.8 Å². The fourth-order valence-electron chi connectivity index (χ4n) is 2.15. The maximum atomic E-state index is 8.86. The quantitative estimate of drug-likeness (QED) is 0.890. The van der Waals surface area contributed by atoms with E-state index in [1.807, 2.05) is 6.07 Å². The van der Waals surface area contributed by atoms with Gasteiger partial charge in [0.15, 0.2) is 0 Å². The van der Waals surface area contributed by atoms with E-state index in [4.69, 9.17) is 14.7 Å². The first-order chi connectivity index (χ1) is 8.83. The van der Waals surface area contributed by atoms with E-state index in [9.17, 15) is 0 Å². The standard InChI is InChI=1S/C14H18N2O2/c1-17-14-9-11(10-15)4-5-13(14)16-12-3-2-7-18-8-6-12/h4-5,9,12,16H,2-3,6-8H2,1H3. The number of ether oxygens (including phenoxy) is 2. The van der Waals surface area contributed by atoms with Gasteiger partial charge in [0.05, 0.1) is 24.4 Å². The minimum atomic E-state index is 0.411. The van der Waals surface area contributed by atoms with Crippen molar-refractivity contribution in [3.8, 4) is 11.8 Å². The summed E-state index contributed by atoms with van der Waals surface area (Å²) in [5.74, 6) is 0.721. The van der Waals surface area contributed by atoms with E-state index in [2.05, 4.69) is 11.4 Å². The Hall–Kier alpha value is -1.73. The fourth-order valence-corrected chi connectivity index (χ4v) is 2.15. The highest BCUT2D eigenvalue weighted by atomic mass is 16.5. The highest BCUT2D eigenvalue weighted by molar-refractivity contribution is 5.59. The molecule has 4 nitrogen and oxygen atoms in total. The van der Waals surface area contributed by atoms with Crippen LogP contribution < -0.4 is 10.1 Å². The van der Waals surface area contributed by atoms with E-state index in [0.717, 1.165) is 43.9 Å². The molecule has 0 amide bonds. The van der Waals surface area contributed by atoms with Crippen LogP contribution in [0.5, 0.6) is 5.75 Å². The topological polar surface area (TPSA) is 54.3 Å². The lowest BCUT2D eigenvalue weighted by atomic mass is 10.1. The van der Waals surface area contributed by atoms with Crippen molar-refractivity contribution >= 4 is 5.69 Å². The van der Waals surface area contributed by atoms with Crippen LogP contribution in [-0.2, 0) is 4.74 Å². The van der Waals surface area contributed by atoms with Gasteiger partial charge in [0, 0.05) is 25.3 Å². The van der Waals surface area contributed by atoms with Gasteiger partial charge in [-0.1, -0.05) is 0 Å². The molecule has 1 atom stereocenters. The van der Waals surface area contributed by atoms with Gasteiger partial charge in [-0.15, -0.1) is 0 Å². The number of anilines is 1. The highest BCUT2D eigenvalue weighted by Crippen LogP contribution is 2.27. The first-order valence-corrected chi connectivity index (χ1v) is 6.26. The molecule has 0 radical (unpaired) electrons. The molecule has 0 spiro atoms. The molecule has 1 fully saturated rings. The van der Waals surface area contributed by atoms with E-state index in [-0.39, 0.29) is 0 Å². The Bertz CT molecular complexity index is 432. The summed E-state index contributed by atoms with van der Waals surface area (Å²) in [6.45, 7) is 1.65. The van der Waals surface area contributed by atoms with E-state index >= 15 is 0 Å². The normalized spacial score (nSPS) is 19.7. The van der Waals surface area contributed by atoms with Crippen molar-refractivity contribution in [2.75, 3.05) is 25.6 Å². The number of rotatable bonds is 3. The zero-order valence-corrected chi connectivity index (χ0v) is 10.6. The van der Waals surface area contributed by atoms with Gasteiger partial charge in [-0.25, -0.2) is 0 Å². The minimum Gasteiger partial charge on any atom is -0.495 e. The number of hydrogen-bond acceptors (Lipinski definition) is 4. The van der Waals surface area contributed by atoms with E-state index < -0.39 is 0 Å². The van der Waals surface area contributed by atoms with Gasteiger partial charge in [-0.3, -0.25) is 0 Å². The summed E-state index contributed by atoms with van der Waals surface area (Å²) in [5, 5.41) is 12.3. The largest absolute Gasteiger partial charge is 0.495 e. The van der Waals surface area contributed by atoms with Crippen molar-refractivity contribution in [1.82, 2.24) is 0 Å². The Balaban J connectivity index is 2.10. The van der Waals surface area contributed by atoms with Crippen LogP contribution in [0, 0.1) is 11.3 Å². The summed E-state index contributed by atoms with van der Waals surface area (Å²) in [4.78, 5) is 0. The molecule has 0 aromatic heterocycles. The smallest absolute Gasteiger partial charge is 0.143 e. The second kappa shape index (κ2) is 6.27. The number of nitrogens with zero attached hydrogens (tertiary/aromatic N) is 1. The molecule has 0 bridgehead atoms. The van der Waals surface area contributed by atoms with Crippen molar-refractivity contribution in [2.24, 2.45) is 0 Å². The highest BCUT2D eigenvalue weighted by Gasteiger charge is 2.14. The third-order valence-electron chi connectivity index (χ3n) is 3.14. The predicted octanol–water partition coefficient (Wildman–Crippen LogP) is 2.55. The second-order valence-corrected chi connectivity index (χ2v) is 4.41. The first-order valence-electron chi connectivity index (χ1n) is 6.26. The van der Waals surface area contributed by atoms with E-state index in [1.54, 1.807) is 19.2 Å². The monoisotopic (exact) mass is 246 g/mol. The molecule has 1 N–H and O–H groups in total. The summed E-state index contributed by atoms with van der Waals surface area (Å²) < 4.78 is 10.8. The zero-order chi connectivity index (χ0) is 12.8. The van der Waals surface area contributed by atoms with Crippen molar-refractivity contribution < 1.29 is 9.47 Å². The molecule has 1 heterocycles. The van der Waals surface area contributed by atoms with E-state index in [0.29, 0.717) is 11.6 Å². The lowest BCUT2D eigenvalue weighted by Gasteiger charge is -2.19. The third-order valence-corrected chi connectivity index (χ3v) is 3.14. The van der Waals surface area contributed by atoms with Gasteiger partial charge >= 0.3 is 0 Å². The molecule has 1 aromatic carbocycles. The minimum absolute atomic E-state index is 0.411. The van der Waals surface area contributed by atoms with Crippen LogP contribution in [0.25, 0.3) is 0 Å². The first kappa shape index (κ1) is 12.7. The molecule has 1 unspecified atom stereocenters. The Labute approximate surface area is 108 Å². The van der Waals surface area contributed by atoms with Crippen LogP contribution in [0.1, 0.15) is 24.8 Å². The predicted molar refractivity (Wildman–Crippen MR) is 69.8 cm³/mol. The number of nitriles is 1. The van der Waals surface area contributed by atoms with Crippen LogP contribution in [0.15, 0.2) is 18.2 Å². The summed E-state index contributed by atoms with van der Waals surface area (Å²) >= 11 is 0. The number of nitrogens with one attached hydrogen (secondary N) is 1. The van der Waals surface area contributed by atoms with Crippen molar-refractivity contribution in [1.29, 1.82) is 5.26 Å². The molecule has 0 aliphatic carbocycles. The Morgan fingerprint density at radius 2 is 2.28 bits per heavy atom.